The van der Waals surface area contributed by atoms with Crippen LogP contribution in [0.3, 0.4) is 0 Å². The predicted octanol–water partition coefficient (Wildman–Crippen LogP) is 2.58. The number of phenols is 1. The number of carbonyl (C=O) groups is 2. The zero-order chi connectivity index (χ0) is 27.6. The molecule has 0 radical (unpaired) electrons. The number of morpholine rings is 1. The largest absolute Gasteiger partial charge is 0.507 e. The number of hydrogen-bond donors (Lipinski definition) is 5. The van der Waals surface area contributed by atoms with Gasteiger partial charge in [-0.05, 0) is 30.3 Å². The van der Waals surface area contributed by atoms with Gasteiger partial charge in [0.25, 0.3) is 0 Å². The fourth-order valence-corrected chi connectivity index (χ4v) is 4.93. The molecule has 0 atom stereocenters. The maximum absolute atomic E-state index is 12.8. The summed E-state index contributed by atoms with van der Waals surface area (Å²) in [5.74, 6) is -1.32. The lowest BCUT2D eigenvalue weighted by atomic mass is 10.0. The Morgan fingerprint density at radius 2 is 1.77 bits per heavy atom. The molecule has 0 saturated carbocycles. The van der Waals surface area contributed by atoms with E-state index >= 15 is 0 Å². The van der Waals surface area contributed by atoms with E-state index in [2.05, 4.69) is 15.6 Å². The number of furan rings is 1. The van der Waals surface area contributed by atoms with Crippen molar-refractivity contribution in [1.82, 2.24) is 10.4 Å². The van der Waals surface area contributed by atoms with Crippen molar-refractivity contribution in [2.75, 3.05) is 43.1 Å². The fraction of sp³-hybridized carbons (Fsp3) is 0.172. The van der Waals surface area contributed by atoms with E-state index in [-0.39, 0.29) is 23.8 Å². The third kappa shape index (κ3) is 5.03. The van der Waals surface area contributed by atoms with Crippen molar-refractivity contribution < 1.29 is 34.5 Å². The normalized spacial score (nSPS) is 15.2. The van der Waals surface area contributed by atoms with Crippen LogP contribution in [0.5, 0.6) is 5.75 Å². The molecule has 0 bridgehead atoms. The van der Waals surface area contributed by atoms with Crippen LogP contribution in [0.15, 0.2) is 77.3 Å². The van der Waals surface area contributed by atoms with E-state index in [1.54, 1.807) is 16.7 Å². The lowest BCUT2D eigenvalue weighted by Gasteiger charge is -2.28. The minimum absolute atomic E-state index is 0.0549. The van der Waals surface area contributed by atoms with Gasteiger partial charge in [-0.15, -0.1) is 5.53 Å². The number of carboxylic acids is 1. The lowest BCUT2D eigenvalue weighted by molar-refractivity contribution is -0.818. The van der Waals surface area contributed by atoms with E-state index in [0.717, 1.165) is 24.3 Å². The summed E-state index contributed by atoms with van der Waals surface area (Å²) in [5.41, 5.74) is 8.79. The average Bonchev–Trinajstić information content (AvgIpc) is 3.57. The number of nitrogens with two attached hydrogens (primary N) is 1. The van der Waals surface area contributed by atoms with Gasteiger partial charge in [-0.25, -0.2) is 10.2 Å². The molecule has 0 spiro atoms. The summed E-state index contributed by atoms with van der Waals surface area (Å²) < 4.78 is 11.5. The third-order valence-electron chi connectivity index (χ3n) is 6.88. The monoisotopic (exact) mass is 542 g/mol. The average molecular weight is 543 g/mol. The van der Waals surface area contributed by atoms with Crippen molar-refractivity contribution in [3.8, 4) is 17.1 Å². The van der Waals surface area contributed by atoms with Crippen molar-refractivity contribution in [3.63, 3.8) is 0 Å². The summed E-state index contributed by atoms with van der Waals surface area (Å²) in [6.07, 6.45) is 1.77. The molecule has 2 aliphatic heterocycles. The van der Waals surface area contributed by atoms with Crippen LogP contribution in [0.4, 0.5) is 11.4 Å². The molecule has 1 saturated heterocycles. The van der Waals surface area contributed by atoms with Gasteiger partial charge in [-0.1, -0.05) is 30.3 Å². The Hall–Kier alpha value is -5.00. The molecule has 204 valence electrons. The zero-order valence-corrected chi connectivity index (χ0v) is 21.5. The van der Waals surface area contributed by atoms with Crippen LogP contribution >= 0.6 is 0 Å². The highest BCUT2D eigenvalue weighted by Gasteiger charge is 2.28. The molecule has 11 heteroatoms. The molecule has 40 heavy (non-hydrogen) atoms. The van der Waals surface area contributed by atoms with Gasteiger partial charge in [0.15, 0.2) is 0 Å². The minimum atomic E-state index is -1.25. The highest BCUT2D eigenvalue weighted by Crippen LogP contribution is 2.40. The van der Waals surface area contributed by atoms with Crippen molar-refractivity contribution in [3.05, 3.63) is 84.1 Å². The molecule has 1 fully saturated rings. The number of benzene rings is 3. The number of aromatic carboxylic acids is 1. The Bertz CT molecular complexity index is 1590. The molecule has 11 nitrogen and oxygen atoms in total. The van der Waals surface area contributed by atoms with Gasteiger partial charge in [-0.3, -0.25) is 4.79 Å². The van der Waals surface area contributed by atoms with Crippen LogP contribution in [-0.2, 0) is 9.53 Å². The lowest BCUT2D eigenvalue weighted by Crippen LogP contribution is -2.97. The van der Waals surface area contributed by atoms with Crippen LogP contribution in [0, 0.1) is 0 Å². The van der Waals surface area contributed by atoms with Crippen LogP contribution in [0.1, 0.15) is 15.9 Å². The molecule has 1 aromatic heterocycles. The van der Waals surface area contributed by atoms with Crippen LogP contribution < -0.4 is 21.2 Å². The van der Waals surface area contributed by atoms with Gasteiger partial charge < -0.3 is 29.6 Å². The molecule has 3 aromatic carbocycles. The first-order chi connectivity index (χ1) is 19.5. The number of nitrogens with zero attached hydrogens (tertiary/aromatic N) is 2. The first kappa shape index (κ1) is 25.3. The second-order valence-corrected chi connectivity index (χ2v) is 9.53. The maximum atomic E-state index is 12.8. The van der Waals surface area contributed by atoms with Crippen molar-refractivity contribution in [2.45, 2.75) is 0 Å². The molecular weight excluding hydrogens is 514 g/mol. The molecule has 6 rings (SSSR count). The number of anilines is 2. The number of rotatable bonds is 7. The Morgan fingerprint density at radius 1 is 1.02 bits per heavy atom. The Kier molecular flexibility index (Phi) is 6.72. The maximum Gasteiger partial charge on any atom is 0.339 e. The number of carbonyl (C=O) groups excluding carboxylic acids is 1. The summed E-state index contributed by atoms with van der Waals surface area (Å²) in [7, 11) is 0. The van der Waals surface area contributed by atoms with E-state index in [1.807, 2.05) is 54.6 Å². The summed E-state index contributed by atoms with van der Waals surface area (Å²) in [6, 6.07) is 19.9. The van der Waals surface area contributed by atoms with Gasteiger partial charge in [0.05, 0.1) is 25.0 Å². The zero-order valence-electron chi connectivity index (χ0n) is 21.5. The van der Waals surface area contributed by atoms with E-state index in [1.165, 1.54) is 12.1 Å². The summed E-state index contributed by atoms with van der Waals surface area (Å²) >= 11 is 0. The smallest absolute Gasteiger partial charge is 0.339 e. The van der Waals surface area contributed by atoms with Crippen LogP contribution in [0.25, 0.3) is 28.0 Å². The fourth-order valence-electron chi connectivity index (χ4n) is 4.93. The third-order valence-corrected chi connectivity index (χ3v) is 6.88. The number of nitrogens with one attached hydrogen (secondary N) is 2. The van der Waals surface area contributed by atoms with Crippen molar-refractivity contribution >= 4 is 39.9 Å². The first-order valence-electron chi connectivity index (χ1n) is 12.8. The van der Waals surface area contributed by atoms with Gasteiger partial charge in [0.2, 0.25) is 5.91 Å². The minimum Gasteiger partial charge on any atom is -0.507 e. The highest BCUT2D eigenvalue weighted by molar-refractivity contribution is 6.03. The predicted molar refractivity (Wildman–Crippen MR) is 148 cm³/mol. The number of hydrogen-bond acceptors (Lipinski definition) is 8. The van der Waals surface area contributed by atoms with E-state index in [0.29, 0.717) is 46.9 Å². The molecular formula is C29H28N5O6+. The topological polar surface area (TPSA) is 144 Å². The number of fused-ring (bicyclic) bond motifs is 1. The van der Waals surface area contributed by atoms with Crippen molar-refractivity contribution in [2.24, 2.45) is 0 Å². The quantitative estimate of drug-likeness (QED) is 0.223. The SMILES string of the molecule is O=C(CN1C=C(c2c(-c3ccccc3)oc3cc(O)c(C(=O)O)cc23)N[NH2+]1)Nc1ccc(N2CCOCC2)cc1. The van der Waals surface area contributed by atoms with Gasteiger partial charge in [0.1, 0.15) is 34.9 Å². The Labute approximate surface area is 229 Å². The molecule has 6 N–H and O–H groups in total. The summed E-state index contributed by atoms with van der Waals surface area (Å²) in [6.45, 7) is 3.15. The molecule has 0 unspecified atom stereocenters. The van der Waals surface area contributed by atoms with Crippen LogP contribution in [0.2, 0.25) is 0 Å². The number of quaternary nitrogens is 1. The Balaban J connectivity index is 1.23. The molecule has 2 aliphatic rings. The van der Waals surface area contributed by atoms with Gasteiger partial charge >= 0.3 is 5.97 Å². The molecule has 3 heterocycles. The Morgan fingerprint density at radius 3 is 2.50 bits per heavy atom. The molecule has 1 amide bonds. The summed E-state index contributed by atoms with van der Waals surface area (Å²) in [5, 5.41) is 24.9. The van der Waals surface area contributed by atoms with E-state index in [4.69, 9.17) is 9.15 Å². The van der Waals surface area contributed by atoms with Gasteiger partial charge in [-0.2, -0.15) is 5.01 Å². The molecule has 0 aliphatic carbocycles. The number of aromatic hydroxyl groups is 1. The standard InChI is InChI=1S/C29H27N5O6/c35-24-15-25-22(14-21(24)29(37)38)27(28(40-25)18-4-2-1-3-5-18)23-16-34(32-31-23)17-26(36)30-19-6-8-20(9-7-19)33-10-12-39-13-11-33/h1-9,14-16,31-32,35H,10-13,17H2,(H,30,36)(H,37,38)/p+1. The number of ether oxygens (including phenoxy) is 1. The summed E-state index contributed by atoms with van der Waals surface area (Å²) in [4.78, 5) is 26.8. The van der Waals surface area contributed by atoms with Gasteiger partial charge in [0, 0.05) is 41.5 Å². The number of amides is 1. The second-order valence-electron chi connectivity index (χ2n) is 9.53. The second kappa shape index (κ2) is 10.6. The highest BCUT2D eigenvalue weighted by atomic mass is 16.5. The van der Waals surface area contributed by atoms with Crippen molar-refractivity contribution in [1.29, 1.82) is 0 Å². The number of carboxylic acid groups (broad SMARTS) is 1. The first-order valence-corrected chi connectivity index (χ1v) is 12.8. The molecule has 4 aromatic rings. The van der Waals surface area contributed by atoms with Crippen LogP contribution in [-0.4, -0.2) is 59.9 Å². The van der Waals surface area contributed by atoms with E-state index in [9.17, 15) is 19.8 Å². The van der Waals surface area contributed by atoms with E-state index < -0.39 is 5.97 Å².